The molecule has 0 spiro atoms. The summed E-state index contributed by atoms with van der Waals surface area (Å²) in [5.74, 6) is 0.235. The second-order valence-corrected chi connectivity index (χ2v) is 6.37. The van der Waals surface area contributed by atoms with Crippen molar-refractivity contribution >= 4 is 44.8 Å². The Hall–Kier alpha value is -2.54. The van der Waals surface area contributed by atoms with Crippen molar-refractivity contribution in [3.8, 4) is 5.75 Å². The molecule has 0 radical (unpaired) electrons. The molecular formula is C18H20BrN3O3. The average molecular weight is 406 g/mol. The molecule has 0 unspecified atom stereocenters. The van der Waals surface area contributed by atoms with Gasteiger partial charge in [-0.25, -0.2) is 0 Å². The fourth-order valence-corrected chi connectivity index (χ4v) is 2.74. The number of aryl methyl sites for hydroxylation is 1. The number of anilines is 3. The number of ether oxygens (including phenoxy) is 1. The van der Waals surface area contributed by atoms with Crippen LogP contribution in [0.1, 0.15) is 12.5 Å². The SMILES string of the molecule is COc1ccc(NC(C)=O)cc1NCC(=O)Nc1ccc(Br)cc1C. The highest BCUT2D eigenvalue weighted by molar-refractivity contribution is 9.10. The van der Waals surface area contributed by atoms with Gasteiger partial charge in [-0.3, -0.25) is 9.59 Å². The largest absolute Gasteiger partial charge is 0.495 e. The van der Waals surface area contributed by atoms with Gasteiger partial charge in [0.05, 0.1) is 19.3 Å². The number of carbonyl (C=O) groups excluding carboxylic acids is 2. The number of hydrogen-bond acceptors (Lipinski definition) is 4. The van der Waals surface area contributed by atoms with Crippen LogP contribution in [0.25, 0.3) is 0 Å². The van der Waals surface area contributed by atoms with Crippen molar-refractivity contribution in [3.05, 3.63) is 46.4 Å². The minimum Gasteiger partial charge on any atom is -0.495 e. The summed E-state index contributed by atoms with van der Waals surface area (Å²) >= 11 is 3.39. The van der Waals surface area contributed by atoms with Gasteiger partial charge in [0, 0.05) is 22.8 Å². The van der Waals surface area contributed by atoms with E-state index >= 15 is 0 Å². The highest BCUT2D eigenvalue weighted by Gasteiger charge is 2.09. The molecule has 132 valence electrons. The molecule has 2 rings (SSSR count). The van der Waals surface area contributed by atoms with E-state index in [9.17, 15) is 9.59 Å². The van der Waals surface area contributed by atoms with Crippen LogP contribution in [0, 0.1) is 6.92 Å². The molecule has 0 fully saturated rings. The zero-order valence-corrected chi connectivity index (χ0v) is 15.9. The van der Waals surface area contributed by atoms with Crippen LogP contribution in [0.15, 0.2) is 40.9 Å². The summed E-state index contributed by atoms with van der Waals surface area (Å²) in [6.07, 6.45) is 0. The van der Waals surface area contributed by atoms with Crippen molar-refractivity contribution in [1.29, 1.82) is 0 Å². The van der Waals surface area contributed by atoms with Crippen LogP contribution in [-0.4, -0.2) is 25.5 Å². The van der Waals surface area contributed by atoms with Gasteiger partial charge in [0.2, 0.25) is 11.8 Å². The minimum absolute atomic E-state index is 0.0649. The number of amides is 2. The number of methoxy groups -OCH3 is 1. The maximum atomic E-state index is 12.2. The summed E-state index contributed by atoms with van der Waals surface area (Å²) in [6.45, 7) is 3.43. The van der Waals surface area contributed by atoms with Crippen LogP contribution in [0.4, 0.5) is 17.1 Å². The normalized spacial score (nSPS) is 10.1. The van der Waals surface area contributed by atoms with E-state index in [1.54, 1.807) is 25.3 Å². The number of hydrogen-bond donors (Lipinski definition) is 3. The molecule has 0 aliphatic carbocycles. The van der Waals surface area contributed by atoms with E-state index in [0.29, 0.717) is 17.1 Å². The van der Waals surface area contributed by atoms with Gasteiger partial charge in [-0.05, 0) is 48.9 Å². The summed E-state index contributed by atoms with van der Waals surface area (Å²) in [6, 6.07) is 10.8. The number of rotatable bonds is 6. The predicted molar refractivity (Wildman–Crippen MR) is 103 cm³/mol. The molecule has 0 aliphatic rings. The van der Waals surface area contributed by atoms with Crippen molar-refractivity contribution < 1.29 is 14.3 Å². The minimum atomic E-state index is -0.183. The maximum absolute atomic E-state index is 12.2. The van der Waals surface area contributed by atoms with Crippen molar-refractivity contribution in [3.63, 3.8) is 0 Å². The molecule has 2 aromatic rings. The molecule has 0 saturated heterocycles. The molecule has 0 aromatic heterocycles. The molecule has 3 N–H and O–H groups in total. The van der Waals surface area contributed by atoms with Gasteiger partial charge in [0.1, 0.15) is 5.75 Å². The average Bonchev–Trinajstić information content (AvgIpc) is 2.55. The third-order valence-corrected chi connectivity index (χ3v) is 3.92. The lowest BCUT2D eigenvalue weighted by Gasteiger charge is -2.14. The van der Waals surface area contributed by atoms with Crippen LogP contribution in [0.2, 0.25) is 0 Å². The van der Waals surface area contributed by atoms with Gasteiger partial charge in [0.15, 0.2) is 0 Å². The molecule has 0 aliphatic heterocycles. The van der Waals surface area contributed by atoms with E-state index in [4.69, 9.17) is 4.74 Å². The monoisotopic (exact) mass is 405 g/mol. The summed E-state index contributed by atoms with van der Waals surface area (Å²) in [4.78, 5) is 23.4. The van der Waals surface area contributed by atoms with Crippen LogP contribution < -0.4 is 20.7 Å². The maximum Gasteiger partial charge on any atom is 0.243 e. The first-order valence-corrected chi connectivity index (χ1v) is 8.44. The van der Waals surface area contributed by atoms with Crippen molar-refractivity contribution in [1.82, 2.24) is 0 Å². The molecule has 2 amide bonds. The Morgan fingerprint density at radius 1 is 1.08 bits per heavy atom. The Bertz CT molecular complexity index is 793. The van der Waals surface area contributed by atoms with Gasteiger partial charge in [-0.1, -0.05) is 15.9 Å². The molecule has 0 atom stereocenters. The molecule has 6 nitrogen and oxygen atoms in total. The second kappa shape index (κ2) is 8.53. The Morgan fingerprint density at radius 2 is 1.84 bits per heavy atom. The van der Waals surface area contributed by atoms with Gasteiger partial charge in [-0.15, -0.1) is 0 Å². The third-order valence-electron chi connectivity index (χ3n) is 3.42. The standard InChI is InChI=1S/C18H20BrN3O3/c1-11-8-13(19)4-6-15(11)22-18(24)10-20-16-9-14(21-12(2)23)5-7-17(16)25-3/h4-9,20H,10H2,1-3H3,(H,21,23)(H,22,24). The molecule has 0 bridgehead atoms. The van der Waals surface area contributed by atoms with Crippen molar-refractivity contribution in [2.75, 3.05) is 29.6 Å². The predicted octanol–water partition coefficient (Wildman–Crippen LogP) is 3.78. The first-order chi connectivity index (χ1) is 11.9. The molecular weight excluding hydrogens is 386 g/mol. The lowest BCUT2D eigenvalue weighted by Crippen LogP contribution is -2.22. The number of carbonyl (C=O) groups is 2. The molecule has 0 saturated carbocycles. The van der Waals surface area contributed by atoms with Gasteiger partial charge >= 0.3 is 0 Å². The molecule has 7 heteroatoms. The second-order valence-electron chi connectivity index (χ2n) is 5.46. The van der Waals surface area contributed by atoms with E-state index < -0.39 is 0 Å². The topological polar surface area (TPSA) is 79.5 Å². The van der Waals surface area contributed by atoms with Crippen LogP contribution >= 0.6 is 15.9 Å². The van der Waals surface area contributed by atoms with Gasteiger partial charge in [-0.2, -0.15) is 0 Å². The molecule has 2 aromatic carbocycles. The van der Waals surface area contributed by atoms with Crippen molar-refractivity contribution in [2.45, 2.75) is 13.8 Å². The van der Waals surface area contributed by atoms with Gasteiger partial charge < -0.3 is 20.7 Å². The molecule has 25 heavy (non-hydrogen) atoms. The van der Waals surface area contributed by atoms with E-state index in [1.807, 2.05) is 25.1 Å². The zero-order chi connectivity index (χ0) is 18.4. The van der Waals surface area contributed by atoms with Crippen LogP contribution in [0.3, 0.4) is 0 Å². The first-order valence-electron chi connectivity index (χ1n) is 7.64. The van der Waals surface area contributed by atoms with E-state index in [2.05, 4.69) is 31.9 Å². The fourth-order valence-electron chi connectivity index (χ4n) is 2.26. The summed E-state index contributed by atoms with van der Waals surface area (Å²) in [5.41, 5.74) is 2.97. The van der Waals surface area contributed by atoms with Crippen LogP contribution in [-0.2, 0) is 9.59 Å². The highest BCUT2D eigenvalue weighted by Crippen LogP contribution is 2.27. The summed E-state index contributed by atoms with van der Waals surface area (Å²) in [5, 5.41) is 8.59. The smallest absolute Gasteiger partial charge is 0.243 e. The Balaban J connectivity index is 2.04. The number of nitrogens with one attached hydrogen (secondary N) is 3. The van der Waals surface area contributed by atoms with E-state index in [1.165, 1.54) is 6.92 Å². The van der Waals surface area contributed by atoms with Crippen molar-refractivity contribution in [2.24, 2.45) is 0 Å². The number of benzene rings is 2. The summed E-state index contributed by atoms with van der Waals surface area (Å²) in [7, 11) is 1.55. The van der Waals surface area contributed by atoms with E-state index in [-0.39, 0.29) is 18.4 Å². The first kappa shape index (κ1) is 18.8. The highest BCUT2D eigenvalue weighted by atomic mass is 79.9. The van der Waals surface area contributed by atoms with Crippen LogP contribution in [0.5, 0.6) is 5.75 Å². The Labute approximate surface area is 155 Å². The fraction of sp³-hybridized carbons (Fsp3) is 0.222. The number of halogens is 1. The van der Waals surface area contributed by atoms with E-state index in [0.717, 1.165) is 15.7 Å². The van der Waals surface area contributed by atoms with Gasteiger partial charge in [0.25, 0.3) is 0 Å². The quantitative estimate of drug-likeness (QED) is 0.683. The zero-order valence-electron chi connectivity index (χ0n) is 14.3. The lowest BCUT2D eigenvalue weighted by molar-refractivity contribution is -0.115. The lowest BCUT2D eigenvalue weighted by atomic mass is 10.2. The third kappa shape index (κ3) is 5.49. The Kier molecular flexibility index (Phi) is 6.41. The Morgan fingerprint density at radius 3 is 2.48 bits per heavy atom. The molecule has 0 heterocycles. The summed E-state index contributed by atoms with van der Waals surface area (Å²) < 4.78 is 6.23.